The van der Waals surface area contributed by atoms with Crippen molar-refractivity contribution in [1.82, 2.24) is 9.62 Å². The standard InChI is InChI=1S/C18H28FN3O2S/c1-20-25(23,24)16-8-9-18(17(19)13-16)22-12-6-7-15(14-22)21-10-4-2-3-5-11-21/h8-9,13,15,20H,2-7,10-12,14H2,1H3. The lowest BCUT2D eigenvalue weighted by atomic mass is 10.0. The first-order chi connectivity index (χ1) is 12.0. The molecule has 0 aromatic heterocycles. The largest absolute Gasteiger partial charge is 0.368 e. The fourth-order valence-corrected chi connectivity index (χ4v) is 4.70. The quantitative estimate of drug-likeness (QED) is 0.886. The molecule has 7 heteroatoms. The Morgan fingerprint density at radius 2 is 1.80 bits per heavy atom. The second-order valence-corrected chi connectivity index (χ2v) is 8.90. The molecule has 0 aliphatic carbocycles. The van der Waals surface area contributed by atoms with Gasteiger partial charge in [-0.1, -0.05) is 12.8 Å². The zero-order chi connectivity index (χ0) is 17.9. The number of sulfonamides is 1. The van der Waals surface area contributed by atoms with Gasteiger partial charge in [0.15, 0.2) is 0 Å². The van der Waals surface area contributed by atoms with Gasteiger partial charge in [0.25, 0.3) is 0 Å². The Kier molecular flexibility index (Phi) is 5.96. The lowest BCUT2D eigenvalue weighted by Crippen LogP contribution is -2.48. The van der Waals surface area contributed by atoms with Gasteiger partial charge in [0.05, 0.1) is 10.6 Å². The zero-order valence-corrected chi connectivity index (χ0v) is 15.7. The highest BCUT2D eigenvalue weighted by Gasteiger charge is 2.27. The van der Waals surface area contributed by atoms with Gasteiger partial charge in [-0.2, -0.15) is 0 Å². The second kappa shape index (κ2) is 8.01. The molecule has 1 aromatic rings. The maximum absolute atomic E-state index is 14.6. The van der Waals surface area contributed by atoms with Crippen molar-refractivity contribution in [3.63, 3.8) is 0 Å². The fraction of sp³-hybridized carbons (Fsp3) is 0.667. The third-order valence-electron chi connectivity index (χ3n) is 5.39. The Hall–Kier alpha value is -1.18. The van der Waals surface area contributed by atoms with Gasteiger partial charge in [0, 0.05) is 19.1 Å². The minimum absolute atomic E-state index is 0.0303. The Balaban J connectivity index is 1.75. The number of hydrogen-bond acceptors (Lipinski definition) is 4. The number of anilines is 1. The SMILES string of the molecule is CNS(=O)(=O)c1ccc(N2CCCC(N3CCCCCC3)C2)c(F)c1. The van der Waals surface area contributed by atoms with Crippen LogP contribution in [-0.4, -0.2) is 52.6 Å². The molecule has 1 unspecified atom stereocenters. The van der Waals surface area contributed by atoms with Crippen LogP contribution in [-0.2, 0) is 10.0 Å². The maximum Gasteiger partial charge on any atom is 0.240 e. The minimum Gasteiger partial charge on any atom is -0.368 e. The van der Waals surface area contributed by atoms with Crippen LogP contribution in [0.4, 0.5) is 10.1 Å². The van der Waals surface area contributed by atoms with Gasteiger partial charge in [-0.25, -0.2) is 17.5 Å². The summed E-state index contributed by atoms with van der Waals surface area (Å²) in [6, 6.07) is 4.67. The van der Waals surface area contributed by atoms with Crippen LogP contribution in [0.5, 0.6) is 0 Å². The number of halogens is 1. The van der Waals surface area contributed by atoms with E-state index in [1.165, 1.54) is 38.8 Å². The van der Waals surface area contributed by atoms with Crippen molar-refractivity contribution in [2.75, 3.05) is 38.1 Å². The van der Waals surface area contributed by atoms with Crippen molar-refractivity contribution in [2.24, 2.45) is 0 Å². The molecule has 0 spiro atoms. The lowest BCUT2D eigenvalue weighted by molar-refractivity contribution is 0.182. The van der Waals surface area contributed by atoms with E-state index < -0.39 is 15.8 Å². The van der Waals surface area contributed by atoms with E-state index in [0.717, 1.165) is 45.1 Å². The van der Waals surface area contributed by atoms with Crippen LogP contribution in [0, 0.1) is 5.82 Å². The summed E-state index contributed by atoms with van der Waals surface area (Å²) in [7, 11) is -2.29. The van der Waals surface area contributed by atoms with Crippen molar-refractivity contribution in [3.8, 4) is 0 Å². The maximum atomic E-state index is 14.6. The van der Waals surface area contributed by atoms with Crippen LogP contribution >= 0.6 is 0 Å². The highest BCUT2D eigenvalue weighted by atomic mass is 32.2. The Morgan fingerprint density at radius 1 is 1.08 bits per heavy atom. The summed E-state index contributed by atoms with van der Waals surface area (Å²) in [5.41, 5.74) is 0.509. The first kappa shape index (κ1) is 18.6. The number of nitrogens with zero attached hydrogens (tertiary/aromatic N) is 2. The number of piperidine rings is 1. The molecule has 0 bridgehead atoms. The lowest BCUT2D eigenvalue weighted by Gasteiger charge is -2.40. The topological polar surface area (TPSA) is 52.7 Å². The predicted molar refractivity (Wildman–Crippen MR) is 97.9 cm³/mol. The molecule has 2 saturated heterocycles. The number of likely N-dealkylation sites (tertiary alicyclic amines) is 1. The smallest absolute Gasteiger partial charge is 0.240 e. The van der Waals surface area contributed by atoms with Crippen LogP contribution in [0.2, 0.25) is 0 Å². The molecule has 1 atom stereocenters. The van der Waals surface area contributed by atoms with Gasteiger partial charge in [0.1, 0.15) is 5.82 Å². The summed E-state index contributed by atoms with van der Waals surface area (Å²) in [4.78, 5) is 4.61. The van der Waals surface area contributed by atoms with Crippen molar-refractivity contribution in [1.29, 1.82) is 0 Å². The molecule has 1 N–H and O–H groups in total. The normalized spacial score (nSPS) is 23.4. The first-order valence-electron chi connectivity index (χ1n) is 9.23. The first-order valence-corrected chi connectivity index (χ1v) is 10.7. The second-order valence-electron chi connectivity index (χ2n) is 7.01. The Bertz CT molecular complexity index is 688. The van der Waals surface area contributed by atoms with Gasteiger partial charge in [-0.15, -0.1) is 0 Å². The summed E-state index contributed by atoms with van der Waals surface area (Å²) in [6.07, 6.45) is 7.32. The van der Waals surface area contributed by atoms with Gasteiger partial charge in [-0.3, -0.25) is 4.90 Å². The van der Waals surface area contributed by atoms with Crippen LogP contribution < -0.4 is 9.62 Å². The van der Waals surface area contributed by atoms with E-state index in [0.29, 0.717) is 11.7 Å². The van der Waals surface area contributed by atoms with E-state index in [4.69, 9.17) is 0 Å². The van der Waals surface area contributed by atoms with E-state index in [2.05, 4.69) is 14.5 Å². The molecule has 2 heterocycles. The number of benzene rings is 1. The third-order valence-corrected chi connectivity index (χ3v) is 6.80. The van der Waals surface area contributed by atoms with Gasteiger partial charge in [-0.05, 0) is 64.0 Å². The molecular formula is C18H28FN3O2S. The summed E-state index contributed by atoms with van der Waals surface area (Å²) < 4.78 is 40.5. The van der Waals surface area contributed by atoms with E-state index in [1.54, 1.807) is 6.07 Å². The average molecular weight is 370 g/mol. The molecule has 1 aromatic carbocycles. The third kappa shape index (κ3) is 4.33. The molecule has 0 amide bonds. The summed E-state index contributed by atoms with van der Waals surface area (Å²) in [5, 5.41) is 0. The van der Waals surface area contributed by atoms with Gasteiger partial charge in [0.2, 0.25) is 10.0 Å². The molecule has 0 radical (unpaired) electrons. The number of rotatable bonds is 4. The van der Waals surface area contributed by atoms with E-state index >= 15 is 0 Å². The summed E-state index contributed by atoms with van der Waals surface area (Å²) >= 11 is 0. The predicted octanol–water partition coefficient (Wildman–Crippen LogP) is 2.58. The van der Waals surface area contributed by atoms with Crippen LogP contribution in [0.15, 0.2) is 23.1 Å². The van der Waals surface area contributed by atoms with E-state index in [1.807, 2.05) is 0 Å². The van der Waals surface area contributed by atoms with Crippen LogP contribution in [0.3, 0.4) is 0 Å². The van der Waals surface area contributed by atoms with E-state index in [9.17, 15) is 12.8 Å². The van der Waals surface area contributed by atoms with Gasteiger partial charge >= 0.3 is 0 Å². The van der Waals surface area contributed by atoms with Crippen molar-refractivity contribution in [2.45, 2.75) is 49.5 Å². The van der Waals surface area contributed by atoms with Crippen LogP contribution in [0.1, 0.15) is 38.5 Å². The number of hydrogen-bond donors (Lipinski definition) is 1. The van der Waals surface area contributed by atoms with Crippen molar-refractivity contribution < 1.29 is 12.8 Å². The Labute approximate surface area is 150 Å². The molecule has 2 aliphatic heterocycles. The molecule has 3 rings (SSSR count). The average Bonchev–Trinajstić information content (AvgIpc) is 2.91. The van der Waals surface area contributed by atoms with Crippen LogP contribution in [0.25, 0.3) is 0 Å². The molecule has 5 nitrogen and oxygen atoms in total. The van der Waals surface area contributed by atoms with Gasteiger partial charge < -0.3 is 4.90 Å². The summed E-state index contributed by atoms with van der Waals surface area (Å²) in [5.74, 6) is -0.465. The van der Waals surface area contributed by atoms with Crippen molar-refractivity contribution in [3.05, 3.63) is 24.0 Å². The highest BCUT2D eigenvalue weighted by molar-refractivity contribution is 7.89. The Morgan fingerprint density at radius 3 is 2.44 bits per heavy atom. The van der Waals surface area contributed by atoms with Crippen molar-refractivity contribution >= 4 is 15.7 Å². The molecule has 140 valence electrons. The highest BCUT2D eigenvalue weighted by Crippen LogP contribution is 2.28. The molecular weight excluding hydrogens is 341 g/mol. The molecule has 25 heavy (non-hydrogen) atoms. The zero-order valence-electron chi connectivity index (χ0n) is 14.9. The molecule has 2 fully saturated rings. The van der Waals surface area contributed by atoms with E-state index in [-0.39, 0.29) is 4.90 Å². The molecule has 2 aliphatic rings. The summed E-state index contributed by atoms with van der Waals surface area (Å²) in [6.45, 7) is 3.91. The molecule has 0 saturated carbocycles. The minimum atomic E-state index is -3.62. The fourth-order valence-electron chi connectivity index (χ4n) is 3.96. The monoisotopic (exact) mass is 369 g/mol. The number of nitrogens with one attached hydrogen (secondary N) is 1.